The number of rotatable bonds is 0. The van der Waals surface area contributed by atoms with E-state index in [4.69, 9.17) is 9.47 Å². The van der Waals surface area contributed by atoms with Crippen LogP contribution >= 0.6 is 31.9 Å². The van der Waals surface area contributed by atoms with Gasteiger partial charge in [0, 0.05) is 21.3 Å². The van der Waals surface area contributed by atoms with Crippen molar-refractivity contribution >= 4 is 31.9 Å². The van der Waals surface area contributed by atoms with Gasteiger partial charge in [-0.1, -0.05) is 31.9 Å². The molecule has 2 aliphatic rings. The quantitative estimate of drug-likeness (QED) is 0.638. The van der Waals surface area contributed by atoms with Crippen molar-refractivity contribution in [1.29, 1.82) is 0 Å². The van der Waals surface area contributed by atoms with Gasteiger partial charge in [-0.15, -0.1) is 0 Å². The molecule has 92 valence electrons. The average Bonchev–Trinajstić information content (AvgIpc) is 2.55. The van der Waals surface area contributed by atoms with Gasteiger partial charge in [-0.3, -0.25) is 0 Å². The third-order valence-corrected chi connectivity index (χ3v) is 4.95. The van der Waals surface area contributed by atoms with E-state index in [1.54, 1.807) is 0 Å². The van der Waals surface area contributed by atoms with E-state index in [9.17, 15) is 0 Å². The second-order valence-corrected chi connectivity index (χ2v) is 6.45. The molecule has 2 nitrogen and oxygen atoms in total. The summed E-state index contributed by atoms with van der Waals surface area (Å²) in [6.45, 7) is 1.49. The fourth-order valence-electron chi connectivity index (χ4n) is 2.53. The van der Waals surface area contributed by atoms with Crippen LogP contribution in [0, 0.1) is 0 Å². The predicted octanol–water partition coefficient (Wildman–Crippen LogP) is 4.38. The van der Waals surface area contributed by atoms with E-state index in [0.29, 0.717) is 4.83 Å². The predicted molar refractivity (Wildman–Crippen MR) is 74.4 cm³/mol. The van der Waals surface area contributed by atoms with Gasteiger partial charge in [0.05, 0.1) is 13.2 Å². The summed E-state index contributed by atoms with van der Waals surface area (Å²) in [7, 11) is 0. The fraction of sp³-hybridized carbons (Fsp3) is 0.538. The lowest BCUT2D eigenvalue weighted by Gasteiger charge is -2.25. The van der Waals surface area contributed by atoms with E-state index in [1.807, 2.05) is 0 Å². The molecule has 1 heterocycles. The molecule has 17 heavy (non-hydrogen) atoms. The van der Waals surface area contributed by atoms with E-state index in [-0.39, 0.29) is 0 Å². The summed E-state index contributed by atoms with van der Waals surface area (Å²) >= 11 is 7.43. The van der Waals surface area contributed by atoms with E-state index in [2.05, 4.69) is 37.9 Å². The van der Waals surface area contributed by atoms with Crippen LogP contribution in [0.3, 0.4) is 0 Å². The lowest BCUT2D eigenvalue weighted by Crippen LogP contribution is -2.09. The SMILES string of the molecule is Brc1cc2c(c3c1CCCC3Br)OCCCO2. The van der Waals surface area contributed by atoms with Gasteiger partial charge in [0.2, 0.25) is 0 Å². The van der Waals surface area contributed by atoms with Gasteiger partial charge >= 0.3 is 0 Å². The summed E-state index contributed by atoms with van der Waals surface area (Å²) < 4.78 is 12.8. The van der Waals surface area contributed by atoms with Gasteiger partial charge < -0.3 is 9.47 Å². The van der Waals surface area contributed by atoms with Crippen molar-refractivity contribution in [3.63, 3.8) is 0 Å². The third-order valence-electron chi connectivity index (χ3n) is 3.33. The van der Waals surface area contributed by atoms with Crippen LogP contribution in [0.4, 0.5) is 0 Å². The monoisotopic (exact) mass is 360 g/mol. The summed E-state index contributed by atoms with van der Waals surface area (Å²) in [5.74, 6) is 1.85. The minimum absolute atomic E-state index is 0.388. The van der Waals surface area contributed by atoms with Gasteiger partial charge in [0.1, 0.15) is 0 Å². The Morgan fingerprint density at radius 1 is 1.18 bits per heavy atom. The molecule has 0 amide bonds. The first-order valence-corrected chi connectivity index (χ1v) is 7.73. The maximum absolute atomic E-state index is 5.90. The number of benzene rings is 1. The molecule has 0 bridgehead atoms. The average molecular weight is 362 g/mol. The Morgan fingerprint density at radius 3 is 2.88 bits per heavy atom. The van der Waals surface area contributed by atoms with Crippen LogP contribution in [0.2, 0.25) is 0 Å². The Kier molecular flexibility index (Phi) is 3.35. The number of hydrogen-bond donors (Lipinski definition) is 0. The highest BCUT2D eigenvalue weighted by molar-refractivity contribution is 9.10. The molecule has 1 aromatic carbocycles. The van der Waals surface area contributed by atoms with E-state index >= 15 is 0 Å². The summed E-state index contributed by atoms with van der Waals surface area (Å²) in [5.41, 5.74) is 2.67. The molecule has 1 unspecified atom stereocenters. The number of halogens is 2. The Bertz CT molecular complexity index is 446. The van der Waals surface area contributed by atoms with Crippen LogP contribution in [0.1, 0.15) is 35.2 Å². The molecule has 0 saturated heterocycles. The molecule has 0 N–H and O–H groups in total. The Labute approximate surface area is 118 Å². The maximum Gasteiger partial charge on any atom is 0.165 e. The van der Waals surface area contributed by atoms with Crippen molar-refractivity contribution in [2.75, 3.05) is 13.2 Å². The zero-order valence-electron chi connectivity index (χ0n) is 9.47. The summed E-state index contributed by atoms with van der Waals surface area (Å²) in [6.07, 6.45) is 4.46. The van der Waals surface area contributed by atoms with E-state index in [0.717, 1.165) is 42.0 Å². The largest absolute Gasteiger partial charge is 0.490 e. The zero-order valence-corrected chi connectivity index (χ0v) is 12.6. The highest BCUT2D eigenvalue weighted by Crippen LogP contribution is 2.49. The standard InChI is InChI=1S/C13H14Br2O2/c14-9-4-1-3-8-10(15)7-11-13(12(8)9)17-6-2-5-16-11/h7,9H,1-6H2. The van der Waals surface area contributed by atoms with Crippen molar-refractivity contribution in [1.82, 2.24) is 0 Å². The summed E-state index contributed by atoms with van der Waals surface area (Å²) in [5, 5.41) is 0. The lowest BCUT2D eigenvalue weighted by atomic mass is 9.90. The molecule has 0 aromatic heterocycles. The van der Waals surface area contributed by atoms with Crippen molar-refractivity contribution < 1.29 is 9.47 Å². The van der Waals surface area contributed by atoms with Crippen LogP contribution in [0.15, 0.2) is 10.5 Å². The molecule has 0 fully saturated rings. The zero-order chi connectivity index (χ0) is 11.8. The van der Waals surface area contributed by atoms with E-state index in [1.165, 1.54) is 24.0 Å². The van der Waals surface area contributed by atoms with Crippen molar-refractivity contribution in [2.24, 2.45) is 0 Å². The first kappa shape index (κ1) is 11.8. The number of alkyl halides is 1. The summed E-state index contributed by atoms with van der Waals surface area (Å²) in [6, 6.07) is 2.06. The smallest absolute Gasteiger partial charge is 0.165 e. The van der Waals surface area contributed by atoms with Crippen LogP contribution in [0.5, 0.6) is 11.5 Å². The van der Waals surface area contributed by atoms with Gasteiger partial charge in [-0.05, 0) is 30.9 Å². The van der Waals surface area contributed by atoms with Crippen molar-refractivity contribution in [3.8, 4) is 11.5 Å². The van der Waals surface area contributed by atoms with Gasteiger partial charge in [-0.2, -0.15) is 0 Å². The van der Waals surface area contributed by atoms with Crippen LogP contribution in [-0.2, 0) is 6.42 Å². The topological polar surface area (TPSA) is 18.5 Å². The highest BCUT2D eigenvalue weighted by atomic mass is 79.9. The molecule has 1 aromatic rings. The van der Waals surface area contributed by atoms with Crippen molar-refractivity contribution in [3.05, 3.63) is 21.7 Å². The van der Waals surface area contributed by atoms with Crippen LogP contribution in [0.25, 0.3) is 0 Å². The second kappa shape index (κ2) is 4.81. The fourth-order valence-corrected chi connectivity index (χ4v) is 3.95. The lowest BCUT2D eigenvalue weighted by molar-refractivity contribution is 0.295. The van der Waals surface area contributed by atoms with E-state index < -0.39 is 0 Å². The Balaban J connectivity index is 2.18. The Hall–Kier alpha value is -0.220. The first-order chi connectivity index (χ1) is 8.27. The number of ether oxygens (including phenoxy) is 2. The molecular weight excluding hydrogens is 348 g/mol. The minimum atomic E-state index is 0.388. The highest BCUT2D eigenvalue weighted by Gasteiger charge is 2.28. The molecule has 1 atom stereocenters. The Morgan fingerprint density at radius 2 is 2.00 bits per heavy atom. The molecule has 4 heteroatoms. The molecule has 3 rings (SSSR count). The van der Waals surface area contributed by atoms with Gasteiger partial charge in [0.25, 0.3) is 0 Å². The molecule has 0 spiro atoms. The molecular formula is C13H14Br2O2. The normalized spacial score (nSPS) is 22.8. The molecule has 1 aliphatic carbocycles. The van der Waals surface area contributed by atoms with Crippen LogP contribution < -0.4 is 9.47 Å². The van der Waals surface area contributed by atoms with Gasteiger partial charge in [0.15, 0.2) is 11.5 Å². The minimum Gasteiger partial charge on any atom is -0.490 e. The maximum atomic E-state index is 5.90. The molecule has 0 saturated carbocycles. The van der Waals surface area contributed by atoms with Crippen molar-refractivity contribution in [2.45, 2.75) is 30.5 Å². The summed E-state index contributed by atoms with van der Waals surface area (Å²) in [4.78, 5) is 0.388. The van der Waals surface area contributed by atoms with Crippen LogP contribution in [-0.4, -0.2) is 13.2 Å². The second-order valence-electron chi connectivity index (χ2n) is 4.49. The molecule has 1 aliphatic heterocycles. The molecule has 0 radical (unpaired) electrons. The third kappa shape index (κ3) is 2.10. The number of hydrogen-bond acceptors (Lipinski definition) is 2. The number of fused-ring (bicyclic) bond motifs is 3. The first-order valence-electron chi connectivity index (χ1n) is 6.02. The van der Waals surface area contributed by atoms with Gasteiger partial charge in [-0.25, -0.2) is 0 Å².